The monoisotopic (exact) mass is 286 g/mol. The van der Waals surface area contributed by atoms with Gasteiger partial charge in [-0.1, -0.05) is 18.1 Å². The van der Waals surface area contributed by atoms with Gasteiger partial charge in [-0.25, -0.2) is 0 Å². The van der Waals surface area contributed by atoms with Crippen LogP contribution in [0.25, 0.3) is 10.9 Å². The van der Waals surface area contributed by atoms with Crippen LogP contribution in [0.15, 0.2) is 35.0 Å². The molecule has 3 aromatic rings. The summed E-state index contributed by atoms with van der Waals surface area (Å²) in [5.74, 6) is 1.19. The molecular formula is C14H14N4O3. The van der Waals surface area contributed by atoms with Crippen LogP contribution in [-0.4, -0.2) is 19.6 Å². The van der Waals surface area contributed by atoms with Gasteiger partial charge >= 0.3 is 0 Å². The highest BCUT2D eigenvalue weighted by Crippen LogP contribution is 2.26. The third kappa shape index (κ3) is 2.49. The van der Waals surface area contributed by atoms with E-state index in [1.165, 1.54) is 6.07 Å². The average Bonchev–Trinajstić information content (AvgIpc) is 3.07. The lowest BCUT2D eigenvalue weighted by Gasteiger charge is -2.01. The van der Waals surface area contributed by atoms with Gasteiger partial charge in [0.25, 0.3) is 5.69 Å². The Morgan fingerprint density at radius 3 is 3.00 bits per heavy atom. The van der Waals surface area contributed by atoms with Crippen LogP contribution in [0.4, 0.5) is 5.69 Å². The molecule has 0 fully saturated rings. The zero-order valence-corrected chi connectivity index (χ0v) is 11.5. The molecule has 0 bridgehead atoms. The lowest BCUT2D eigenvalue weighted by molar-refractivity contribution is -0.383. The summed E-state index contributed by atoms with van der Waals surface area (Å²) in [5.41, 5.74) is 0.878. The van der Waals surface area contributed by atoms with Crippen LogP contribution in [-0.2, 0) is 13.0 Å². The second-order valence-electron chi connectivity index (χ2n) is 4.77. The predicted molar refractivity (Wildman–Crippen MR) is 76.0 cm³/mol. The first-order valence-corrected chi connectivity index (χ1v) is 6.72. The summed E-state index contributed by atoms with van der Waals surface area (Å²) in [5, 5.41) is 15.5. The molecule has 0 aliphatic heterocycles. The zero-order chi connectivity index (χ0) is 14.8. The minimum Gasteiger partial charge on any atom is -0.338 e. The van der Waals surface area contributed by atoms with Gasteiger partial charge in [-0.05, 0) is 18.6 Å². The largest absolute Gasteiger partial charge is 0.338 e. The molecule has 0 saturated carbocycles. The Morgan fingerprint density at radius 1 is 1.38 bits per heavy atom. The van der Waals surface area contributed by atoms with Gasteiger partial charge < -0.3 is 9.09 Å². The molecule has 0 aliphatic carbocycles. The number of fused-ring (bicyclic) bond motifs is 1. The average molecular weight is 286 g/mol. The van der Waals surface area contributed by atoms with E-state index in [1.807, 2.05) is 10.6 Å². The van der Waals surface area contributed by atoms with Gasteiger partial charge in [-0.15, -0.1) is 0 Å². The molecule has 0 unspecified atom stereocenters. The Bertz CT molecular complexity index is 790. The molecule has 21 heavy (non-hydrogen) atoms. The highest BCUT2D eigenvalue weighted by Gasteiger charge is 2.15. The van der Waals surface area contributed by atoms with Gasteiger partial charge in [0.2, 0.25) is 5.89 Å². The number of hydrogen-bond acceptors (Lipinski definition) is 5. The molecule has 7 nitrogen and oxygen atoms in total. The number of nitro benzene ring substituents is 1. The number of nitro groups is 1. The topological polar surface area (TPSA) is 87.0 Å². The molecule has 0 spiro atoms. The van der Waals surface area contributed by atoms with Crippen LogP contribution in [0.3, 0.4) is 0 Å². The number of hydrogen-bond donors (Lipinski definition) is 0. The van der Waals surface area contributed by atoms with Crippen molar-refractivity contribution in [1.82, 2.24) is 14.7 Å². The highest BCUT2D eigenvalue weighted by atomic mass is 16.6. The van der Waals surface area contributed by atoms with E-state index in [1.54, 1.807) is 18.3 Å². The van der Waals surface area contributed by atoms with Crippen LogP contribution in [0.5, 0.6) is 0 Å². The molecule has 108 valence electrons. The maximum atomic E-state index is 11.0. The van der Waals surface area contributed by atoms with Gasteiger partial charge in [-0.3, -0.25) is 10.1 Å². The minimum absolute atomic E-state index is 0.100. The summed E-state index contributed by atoms with van der Waals surface area (Å²) >= 11 is 0. The van der Waals surface area contributed by atoms with E-state index in [-0.39, 0.29) is 10.6 Å². The normalized spacial score (nSPS) is 11.1. The van der Waals surface area contributed by atoms with Crippen molar-refractivity contribution >= 4 is 16.6 Å². The second kappa shape index (κ2) is 5.35. The van der Waals surface area contributed by atoms with Gasteiger partial charge in [0, 0.05) is 18.7 Å². The molecule has 2 heterocycles. The van der Waals surface area contributed by atoms with E-state index in [0.29, 0.717) is 23.6 Å². The van der Waals surface area contributed by atoms with Crippen LogP contribution in [0, 0.1) is 10.1 Å². The SMILES string of the molecule is CCCc1noc(Cn2ccc3c([N+](=O)[O-])cccc32)n1. The van der Waals surface area contributed by atoms with E-state index in [2.05, 4.69) is 17.1 Å². The second-order valence-corrected chi connectivity index (χ2v) is 4.77. The number of rotatable bonds is 5. The molecule has 3 rings (SSSR count). The Balaban J connectivity index is 1.93. The van der Waals surface area contributed by atoms with Crippen LogP contribution < -0.4 is 0 Å². The molecule has 0 saturated heterocycles. The fraction of sp³-hybridized carbons (Fsp3) is 0.286. The Kier molecular flexibility index (Phi) is 3.39. The van der Waals surface area contributed by atoms with Crippen molar-refractivity contribution in [3.8, 4) is 0 Å². The van der Waals surface area contributed by atoms with Crippen molar-refractivity contribution in [2.24, 2.45) is 0 Å². The summed E-state index contributed by atoms with van der Waals surface area (Å²) in [6.45, 7) is 2.45. The lowest BCUT2D eigenvalue weighted by Crippen LogP contribution is -1.99. The summed E-state index contributed by atoms with van der Waals surface area (Å²) in [4.78, 5) is 14.9. The van der Waals surface area contributed by atoms with Crippen molar-refractivity contribution in [2.75, 3.05) is 0 Å². The van der Waals surface area contributed by atoms with Crippen molar-refractivity contribution in [3.63, 3.8) is 0 Å². The third-order valence-corrected chi connectivity index (χ3v) is 3.28. The van der Waals surface area contributed by atoms with Crippen molar-refractivity contribution in [3.05, 3.63) is 52.3 Å². The predicted octanol–water partition coefficient (Wildman–Crippen LogP) is 2.93. The van der Waals surface area contributed by atoms with E-state index in [9.17, 15) is 10.1 Å². The lowest BCUT2D eigenvalue weighted by atomic mass is 10.2. The van der Waals surface area contributed by atoms with E-state index >= 15 is 0 Å². The first kappa shape index (κ1) is 13.3. The molecule has 0 aliphatic rings. The Labute approximate surface area is 120 Å². The van der Waals surface area contributed by atoms with Crippen LogP contribution >= 0.6 is 0 Å². The maximum Gasteiger partial charge on any atom is 0.278 e. The van der Waals surface area contributed by atoms with E-state index in [0.717, 1.165) is 18.4 Å². The Hall–Kier alpha value is -2.70. The standard InChI is InChI=1S/C14H14N4O3/c1-2-4-13-15-14(21-16-13)9-17-8-7-10-11(17)5-3-6-12(10)18(19)20/h3,5-8H,2,4,9H2,1H3. The number of aromatic nitrogens is 3. The molecule has 0 atom stereocenters. The first-order valence-electron chi connectivity index (χ1n) is 6.72. The highest BCUT2D eigenvalue weighted by molar-refractivity contribution is 5.89. The maximum absolute atomic E-state index is 11.0. The summed E-state index contributed by atoms with van der Waals surface area (Å²) in [6, 6.07) is 6.74. The summed E-state index contributed by atoms with van der Waals surface area (Å²) in [7, 11) is 0. The van der Waals surface area contributed by atoms with Gasteiger partial charge in [0.1, 0.15) is 6.54 Å². The number of benzene rings is 1. The fourth-order valence-electron chi connectivity index (χ4n) is 2.33. The third-order valence-electron chi connectivity index (χ3n) is 3.28. The van der Waals surface area contributed by atoms with E-state index in [4.69, 9.17) is 4.52 Å². The molecule has 0 radical (unpaired) electrons. The Morgan fingerprint density at radius 2 is 2.24 bits per heavy atom. The summed E-state index contributed by atoms with van der Waals surface area (Å²) < 4.78 is 7.07. The molecule has 2 aromatic heterocycles. The van der Waals surface area contributed by atoms with Gasteiger partial charge in [0.05, 0.1) is 15.8 Å². The van der Waals surface area contributed by atoms with E-state index < -0.39 is 0 Å². The molecule has 0 amide bonds. The minimum atomic E-state index is -0.376. The van der Waals surface area contributed by atoms with Crippen molar-refractivity contribution < 1.29 is 9.45 Å². The quantitative estimate of drug-likeness (QED) is 0.531. The van der Waals surface area contributed by atoms with Crippen LogP contribution in [0.2, 0.25) is 0 Å². The molecule has 1 aromatic carbocycles. The number of nitrogens with zero attached hydrogens (tertiary/aromatic N) is 4. The number of non-ortho nitro benzene ring substituents is 1. The van der Waals surface area contributed by atoms with Gasteiger partial charge in [-0.2, -0.15) is 4.98 Å². The summed E-state index contributed by atoms with van der Waals surface area (Å²) in [6.07, 6.45) is 3.53. The van der Waals surface area contributed by atoms with Crippen molar-refractivity contribution in [1.29, 1.82) is 0 Å². The molecule has 7 heteroatoms. The molecule has 0 N–H and O–H groups in total. The first-order chi connectivity index (χ1) is 10.2. The smallest absolute Gasteiger partial charge is 0.278 e. The van der Waals surface area contributed by atoms with Crippen LogP contribution in [0.1, 0.15) is 25.1 Å². The molecular weight excluding hydrogens is 272 g/mol. The zero-order valence-electron chi connectivity index (χ0n) is 11.5. The van der Waals surface area contributed by atoms with Gasteiger partial charge in [0.15, 0.2) is 5.82 Å². The number of aryl methyl sites for hydroxylation is 1. The fourth-order valence-corrected chi connectivity index (χ4v) is 2.33. The van der Waals surface area contributed by atoms with Crippen molar-refractivity contribution in [2.45, 2.75) is 26.3 Å².